The van der Waals surface area contributed by atoms with Gasteiger partial charge in [0.05, 0.1) is 15.5 Å². The van der Waals surface area contributed by atoms with Crippen molar-refractivity contribution in [3.63, 3.8) is 0 Å². The lowest BCUT2D eigenvalue weighted by Crippen LogP contribution is -2.14. The van der Waals surface area contributed by atoms with Crippen molar-refractivity contribution in [2.45, 2.75) is 21.9 Å². The predicted molar refractivity (Wildman–Crippen MR) is 100 cm³/mol. The van der Waals surface area contributed by atoms with Crippen molar-refractivity contribution in [2.75, 3.05) is 4.72 Å². The summed E-state index contributed by atoms with van der Waals surface area (Å²) in [4.78, 5) is 10.9. The van der Waals surface area contributed by atoms with Crippen molar-refractivity contribution in [3.8, 4) is 0 Å². The van der Waals surface area contributed by atoms with Crippen LogP contribution in [0.15, 0.2) is 63.7 Å². The van der Waals surface area contributed by atoms with Crippen LogP contribution in [0, 0.1) is 17.0 Å². The molecular weight excluding hydrogens is 390 g/mol. The van der Waals surface area contributed by atoms with Crippen LogP contribution in [-0.2, 0) is 17.1 Å². The predicted octanol–water partition coefficient (Wildman–Crippen LogP) is 2.98. The molecule has 0 radical (unpaired) electrons. The number of aromatic nitrogens is 3. The summed E-state index contributed by atoms with van der Waals surface area (Å²) in [6, 6.07) is 10.6. The third kappa shape index (κ3) is 4.09. The van der Waals surface area contributed by atoms with E-state index in [0.717, 1.165) is 6.07 Å². The van der Waals surface area contributed by atoms with Gasteiger partial charge in [0, 0.05) is 23.6 Å². The number of hydrogen-bond acceptors (Lipinski definition) is 7. The number of aryl methyl sites for hydroxylation is 2. The van der Waals surface area contributed by atoms with Crippen LogP contribution in [0.4, 0.5) is 11.4 Å². The molecule has 140 valence electrons. The van der Waals surface area contributed by atoms with Crippen LogP contribution in [0.1, 0.15) is 5.56 Å². The molecule has 0 saturated heterocycles. The third-order valence-electron chi connectivity index (χ3n) is 3.69. The van der Waals surface area contributed by atoms with E-state index in [2.05, 4.69) is 14.9 Å². The quantitative estimate of drug-likeness (QED) is 0.494. The zero-order chi connectivity index (χ0) is 19.6. The molecule has 0 aliphatic heterocycles. The van der Waals surface area contributed by atoms with Crippen molar-refractivity contribution in [2.24, 2.45) is 7.05 Å². The minimum atomic E-state index is -4.01. The largest absolute Gasteiger partial charge is 0.311 e. The van der Waals surface area contributed by atoms with Gasteiger partial charge in [-0.05, 0) is 36.9 Å². The second kappa shape index (κ2) is 7.37. The minimum absolute atomic E-state index is 0.182. The fraction of sp³-hybridized carbons (Fsp3) is 0.125. The summed E-state index contributed by atoms with van der Waals surface area (Å²) in [5, 5.41) is 19.5. The molecule has 11 heteroatoms. The SMILES string of the molecule is Cc1ccc(S(=O)(=O)Nc2ccccc2Sc2nncn2C)cc1[N+](=O)[O-]. The van der Waals surface area contributed by atoms with Gasteiger partial charge in [-0.1, -0.05) is 18.2 Å². The molecule has 3 aromatic rings. The van der Waals surface area contributed by atoms with E-state index in [4.69, 9.17) is 0 Å². The zero-order valence-electron chi connectivity index (χ0n) is 14.4. The Morgan fingerprint density at radius 2 is 1.96 bits per heavy atom. The number of nitro groups is 1. The Kier molecular flexibility index (Phi) is 5.15. The molecular formula is C16H15N5O4S2. The molecule has 0 aliphatic carbocycles. The zero-order valence-corrected chi connectivity index (χ0v) is 16.0. The van der Waals surface area contributed by atoms with Gasteiger partial charge in [0.25, 0.3) is 15.7 Å². The molecule has 2 aromatic carbocycles. The fourth-order valence-corrected chi connectivity index (χ4v) is 4.28. The van der Waals surface area contributed by atoms with Crippen LogP contribution in [0.3, 0.4) is 0 Å². The Morgan fingerprint density at radius 3 is 2.63 bits per heavy atom. The monoisotopic (exact) mass is 405 g/mol. The second-order valence-electron chi connectivity index (χ2n) is 5.63. The first-order valence-electron chi connectivity index (χ1n) is 7.66. The van der Waals surface area contributed by atoms with Gasteiger partial charge in [0.15, 0.2) is 5.16 Å². The van der Waals surface area contributed by atoms with E-state index in [9.17, 15) is 18.5 Å². The molecule has 0 atom stereocenters. The Morgan fingerprint density at radius 1 is 1.22 bits per heavy atom. The highest BCUT2D eigenvalue weighted by atomic mass is 32.2. The van der Waals surface area contributed by atoms with Gasteiger partial charge in [-0.25, -0.2) is 8.42 Å². The summed E-state index contributed by atoms with van der Waals surface area (Å²) in [7, 11) is -2.23. The molecule has 0 amide bonds. The van der Waals surface area contributed by atoms with Gasteiger partial charge in [0.1, 0.15) is 6.33 Å². The maximum Gasteiger partial charge on any atom is 0.273 e. The number of rotatable bonds is 6. The second-order valence-corrected chi connectivity index (χ2v) is 8.33. The Labute approximate surface area is 159 Å². The number of nitrogens with zero attached hydrogens (tertiary/aromatic N) is 4. The molecule has 0 unspecified atom stereocenters. The van der Waals surface area contributed by atoms with Crippen LogP contribution in [0.5, 0.6) is 0 Å². The number of hydrogen-bond donors (Lipinski definition) is 1. The smallest absolute Gasteiger partial charge is 0.273 e. The summed E-state index contributed by atoms with van der Waals surface area (Å²) in [6.07, 6.45) is 1.54. The van der Waals surface area contributed by atoms with Gasteiger partial charge >= 0.3 is 0 Å². The lowest BCUT2D eigenvalue weighted by Gasteiger charge is -2.12. The first kappa shape index (κ1) is 18.9. The summed E-state index contributed by atoms with van der Waals surface area (Å²) in [5.74, 6) is 0. The molecule has 0 bridgehead atoms. The molecule has 1 N–H and O–H groups in total. The Balaban J connectivity index is 1.94. The average Bonchev–Trinajstić information content (AvgIpc) is 3.01. The molecule has 9 nitrogen and oxygen atoms in total. The molecule has 3 rings (SSSR count). The normalized spacial score (nSPS) is 11.3. The highest BCUT2D eigenvalue weighted by Crippen LogP contribution is 2.33. The average molecular weight is 405 g/mol. The van der Waals surface area contributed by atoms with E-state index in [-0.39, 0.29) is 10.6 Å². The van der Waals surface area contributed by atoms with Crippen molar-refractivity contribution in [1.82, 2.24) is 14.8 Å². The van der Waals surface area contributed by atoms with E-state index in [1.807, 2.05) is 0 Å². The van der Waals surface area contributed by atoms with Crippen molar-refractivity contribution in [1.29, 1.82) is 0 Å². The van der Waals surface area contributed by atoms with Crippen LogP contribution < -0.4 is 4.72 Å². The van der Waals surface area contributed by atoms with Crippen molar-refractivity contribution < 1.29 is 13.3 Å². The van der Waals surface area contributed by atoms with Crippen LogP contribution >= 0.6 is 11.8 Å². The number of sulfonamides is 1. The van der Waals surface area contributed by atoms with Crippen LogP contribution in [0.2, 0.25) is 0 Å². The molecule has 0 aliphatic rings. The molecule has 0 saturated carbocycles. The lowest BCUT2D eigenvalue weighted by molar-refractivity contribution is -0.385. The minimum Gasteiger partial charge on any atom is -0.311 e. The summed E-state index contributed by atoms with van der Waals surface area (Å²) < 4.78 is 29.7. The number of benzene rings is 2. The lowest BCUT2D eigenvalue weighted by atomic mass is 10.2. The van der Waals surface area contributed by atoms with Crippen LogP contribution in [-0.4, -0.2) is 28.1 Å². The van der Waals surface area contributed by atoms with Crippen molar-refractivity contribution >= 4 is 33.2 Å². The maximum absolute atomic E-state index is 12.7. The van der Waals surface area contributed by atoms with E-state index in [0.29, 0.717) is 21.3 Å². The number of para-hydroxylation sites is 1. The summed E-state index contributed by atoms with van der Waals surface area (Å²) in [6.45, 7) is 1.55. The summed E-state index contributed by atoms with van der Waals surface area (Å²) >= 11 is 1.25. The Bertz CT molecular complexity index is 1110. The summed E-state index contributed by atoms with van der Waals surface area (Å²) in [5.41, 5.74) is 0.477. The van der Waals surface area contributed by atoms with E-state index in [1.54, 1.807) is 49.1 Å². The molecule has 0 spiro atoms. The van der Waals surface area contributed by atoms with E-state index >= 15 is 0 Å². The maximum atomic E-state index is 12.7. The fourth-order valence-electron chi connectivity index (χ4n) is 2.26. The number of nitro benzene ring substituents is 1. The highest BCUT2D eigenvalue weighted by molar-refractivity contribution is 7.99. The van der Waals surface area contributed by atoms with E-state index in [1.165, 1.54) is 23.9 Å². The van der Waals surface area contributed by atoms with Gasteiger partial charge in [-0.2, -0.15) is 0 Å². The first-order chi connectivity index (χ1) is 12.8. The highest BCUT2D eigenvalue weighted by Gasteiger charge is 2.21. The molecule has 1 heterocycles. The molecule has 0 fully saturated rings. The topological polar surface area (TPSA) is 120 Å². The van der Waals surface area contributed by atoms with Gasteiger partial charge < -0.3 is 4.57 Å². The van der Waals surface area contributed by atoms with Gasteiger partial charge in [-0.3, -0.25) is 14.8 Å². The van der Waals surface area contributed by atoms with Crippen LogP contribution in [0.25, 0.3) is 0 Å². The third-order valence-corrected chi connectivity index (χ3v) is 6.18. The Hall–Kier alpha value is -2.92. The standard InChI is InChI=1S/C16H15N5O4S2/c1-11-7-8-12(9-14(11)21(22)23)27(24,25)19-13-5-3-4-6-15(13)26-16-18-17-10-20(16)2/h3-10,19H,1-2H3. The van der Waals surface area contributed by atoms with Gasteiger partial charge in [0.2, 0.25) is 0 Å². The van der Waals surface area contributed by atoms with Gasteiger partial charge in [-0.15, -0.1) is 10.2 Å². The number of nitrogens with one attached hydrogen (secondary N) is 1. The molecule has 1 aromatic heterocycles. The first-order valence-corrected chi connectivity index (χ1v) is 9.96. The molecule has 27 heavy (non-hydrogen) atoms. The number of anilines is 1. The van der Waals surface area contributed by atoms with Crippen molar-refractivity contribution in [3.05, 3.63) is 64.5 Å². The van der Waals surface area contributed by atoms with E-state index < -0.39 is 14.9 Å².